The van der Waals surface area contributed by atoms with Crippen molar-refractivity contribution in [2.75, 3.05) is 5.73 Å². The second kappa shape index (κ2) is 4.28. The Morgan fingerprint density at radius 2 is 2.19 bits per heavy atom. The molecule has 0 aliphatic heterocycles. The predicted octanol–water partition coefficient (Wildman–Crippen LogP) is 2.73. The van der Waals surface area contributed by atoms with Crippen molar-refractivity contribution in [3.05, 3.63) is 47.2 Å². The van der Waals surface area contributed by atoms with E-state index in [1.165, 1.54) is 18.4 Å². The van der Waals surface area contributed by atoms with Gasteiger partial charge in [-0.1, -0.05) is 17.7 Å². The number of hydrogen-bond acceptors (Lipinski definition) is 4. The summed E-state index contributed by atoms with van der Waals surface area (Å²) in [5.74, 6) is -0.182. The molecule has 0 aliphatic carbocycles. The van der Waals surface area contributed by atoms with Gasteiger partial charge < -0.3 is 14.9 Å². The second-order valence-electron chi connectivity index (χ2n) is 3.05. The number of carbonyl (C=O) groups is 1. The molecule has 2 aromatic rings. The summed E-state index contributed by atoms with van der Waals surface area (Å²) in [5, 5.41) is 0.491. The summed E-state index contributed by atoms with van der Waals surface area (Å²) in [6.07, 6.45) is 1.32. The van der Waals surface area contributed by atoms with Crippen molar-refractivity contribution < 1.29 is 13.9 Å². The molecule has 0 unspecified atom stereocenters. The lowest BCUT2D eigenvalue weighted by atomic mass is 10.3. The molecular weight excluding hydrogens is 230 g/mol. The molecule has 1 aromatic heterocycles. The first-order valence-electron chi connectivity index (χ1n) is 4.47. The minimum absolute atomic E-state index is 0.0343. The number of benzene rings is 1. The highest BCUT2D eigenvalue weighted by Crippen LogP contribution is 2.20. The highest BCUT2D eigenvalue weighted by Gasteiger charge is 2.14. The molecule has 82 valence electrons. The lowest BCUT2D eigenvalue weighted by molar-refractivity contribution is 0.0735. The Kier molecular flexibility index (Phi) is 2.83. The lowest BCUT2D eigenvalue weighted by Crippen LogP contribution is -2.09. The van der Waals surface area contributed by atoms with Crippen molar-refractivity contribution in [2.24, 2.45) is 0 Å². The number of nitrogens with two attached hydrogens (primary N) is 1. The number of nitrogen functional groups attached to an aromatic ring is 1. The third kappa shape index (κ3) is 2.17. The van der Waals surface area contributed by atoms with Crippen LogP contribution in [0.3, 0.4) is 0 Å². The standard InChI is InChI=1S/C11H8ClNO3/c12-7-2-1-3-8(6-7)16-11(14)9-4-5-15-10(9)13/h1-6H,13H2. The second-order valence-corrected chi connectivity index (χ2v) is 3.48. The van der Waals surface area contributed by atoms with E-state index >= 15 is 0 Å². The average molecular weight is 238 g/mol. The first kappa shape index (κ1) is 10.6. The van der Waals surface area contributed by atoms with Crippen molar-refractivity contribution in [1.82, 2.24) is 0 Å². The summed E-state index contributed by atoms with van der Waals surface area (Å²) in [6.45, 7) is 0. The van der Waals surface area contributed by atoms with Gasteiger partial charge in [-0.3, -0.25) is 0 Å². The number of rotatable bonds is 2. The SMILES string of the molecule is Nc1occc1C(=O)Oc1cccc(Cl)c1. The van der Waals surface area contributed by atoms with Crippen LogP contribution < -0.4 is 10.5 Å². The first-order valence-corrected chi connectivity index (χ1v) is 4.85. The molecule has 1 aromatic carbocycles. The van der Waals surface area contributed by atoms with Crippen molar-refractivity contribution in [2.45, 2.75) is 0 Å². The van der Waals surface area contributed by atoms with Gasteiger partial charge in [-0.25, -0.2) is 4.79 Å². The Morgan fingerprint density at radius 3 is 2.81 bits per heavy atom. The van der Waals surface area contributed by atoms with E-state index in [1.807, 2.05) is 0 Å². The summed E-state index contributed by atoms with van der Waals surface area (Å²) >= 11 is 5.75. The van der Waals surface area contributed by atoms with Gasteiger partial charge in [0.05, 0.1) is 6.26 Å². The topological polar surface area (TPSA) is 65.5 Å². The number of hydrogen-bond donors (Lipinski definition) is 1. The summed E-state index contributed by atoms with van der Waals surface area (Å²) in [7, 11) is 0. The molecule has 1 heterocycles. The van der Waals surface area contributed by atoms with Crippen LogP contribution in [0.25, 0.3) is 0 Å². The van der Waals surface area contributed by atoms with Crippen molar-refractivity contribution in [3.8, 4) is 5.75 Å². The average Bonchev–Trinajstić information content (AvgIpc) is 2.64. The molecule has 0 saturated carbocycles. The molecule has 0 radical (unpaired) electrons. The minimum Gasteiger partial charge on any atom is -0.448 e. The van der Waals surface area contributed by atoms with Gasteiger partial charge in [0.15, 0.2) is 0 Å². The van der Waals surface area contributed by atoms with E-state index in [4.69, 9.17) is 26.5 Å². The normalized spacial score (nSPS) is 10.1. The van der Waals surface area contributed by atoms with Gasteiger partial charge in [0, 0.05) is 5.02 Å². The van der Waals surface area contributed by atoms with Gasteiger partial charge in [0.25, 0.3) is 0 Å². The van der Waals surface area contributed by atoms with E-state index in [2.05, 4.69) is 0 Å². The number of ether oxygens (including phenoxy) is 1. The molecule has 0 aliphatic rings. The summed E-state index contributed by atoms with van der Waals surface area (Å²) in [4.78, 5) is 11.6. The molecule has 2 rings (SSSR count). The zero-order chi connectivity index (χ0) is 11.5. The minimum atomic E-state index is -0.575. The molecule has 0 atom stereocenters. The molecule has 5 heteroatoms. The number of furan rings is 1. The van der Waals surface area contributed by atoms with E-state index in [1.54, 1.807) is 18.2 Å². The molecular formula is C11H8ClNO3. The maximum atomic E-state index is 11.6. The zero-order valence-electron chi connectivity index (χ0n) is 8.14. The van der Waals surface area contributed by atoms with Crippen LogP contribution >= 0.6 is 11.6 Å². The summed E-state index contributed by atoms with van der Waals surface area (Å²) in [6, 6.07) is 7.98. The van der Waals surface area contributed by atoms with Crippen LogP contribution in [0.15, 0.2) is 41.0 Å². The molecule has 16 heavy (non-hydrogen) atoms. The number of esters is 1. The van der Waals surface area contributed by atoms with Gasteiger partial charge in [0.1, 0.15) is 11.3 Å². The Labute approximate surface area is 96.6 Å². The Bertz CT molecular complexity index is 521. The van der Waals surface area contributed by atoms with E-state index in [0.29, 0.717) is 10.8 Å². The van der Waals surface area contributed by atoms with E-state index in [-0.39, 0.29) is 11.4 Å². The van der Waals surface area contributed by atoms with Crippen LogP contribution in [0.1, 0.15) is 10.4 Å². The third-order valence-electron chi connectivity index (χ3n) is 1.92. The molecule has 0 fully saturated rings. The maximum absolute atomic E-state index is 11.6. The molecule has 0 amide bonds. The van der Waals surface area contributed by atoms with Crippen LogP contribution in [-0.4, -0.2) is 5.97 Å². The molecule has 4 nitrogen and oxygen atoms in total. The van der Waals surface area contributed by atoms with Gasteiger partial charge >= 0.3 is 5.97 Å². The fraction of sp³-hybridized carbons (Fsp3) is 0. The zero-order valence-corrected chi connectivity index (χ0v) is 8.90. The van der Waals surface area contributed by atoms with E-state index < -0.39 is 5.97 Å². The van der Waals surface area contributed by atoms with Crippen molar-refractivity contribution in [3.63, 3.8) is 0 Å². The van der Waals surface area contributed by atoms with Crippen LogP contribution in [0.5, 0.6) is 5.75 Å². The fourth-order valence-corrected chi connectivity index (χ4v) is 1.36. The Balaban J connectivity index is 2.17. The van der Waals surface area contributed by atoms with Crippen LogP contribution in [0.2, 0.25) is 5.02 Å². The largest absolute Gasteiger partial charge is 0.448 e. The number of halogens is 1. The first-order chi connectivity index (χ1) is 7.66. The van der Waals surface area contributed by atoms with Crippen molar-refractivity contribution >= 4 is 23.5 Å². The lowest BCUT2D eigenvalue weighted by Gasteiger charge is -2.02. The smallest absolute Gasteiger partial charge is 0.349 e. The van der Waals surface area contributed by atoms with Gasteiger partial charge in [0.2, 0.25) is 5.88 Å². The third-order valence-corrected chi connectivity index (χ3v) is 2.16. The van der Waals surface area contributed by atoms with Crippen LogP contribution in [0.4, 0.5) is 5.88 Å². The van der Waals surface area contributed by atoms with Crippen LogP contribution in [-0.2, 0) is 0 Å². The Hall–Kier alpha value is -1.94. The number of carbonyl (C=O) groups excluding carboxylic acids is 1. The van der Waals surface area contributed by atoms with E-state index in [9.17, 15) is 4.79 Å². The van der Waals surface area contributed by atoms with Gasteiger partial charge in [-0.2, -0.15) is 0 Å². The maximum Gasteiger partial charge on any atom is 0.349 e. The number of anilines is 1. The monoisotopic (exact) mass is 237 g/mol. The molecule has 0 bridgehead atoms. The van der Waals surface area contributed by atoms with Crippen LogP contribution in [0, 0.1) is 0 Å². The van der Waals surface area contributed by atoms with Crippen molar-refractivity contribution in [1.29, 1.82) is 0 Å². The summed E-state index contributed by atoms with van der Waals surface area (Å²) in [5.41, 5.74) is 5.63. The highest BCUT2D eigenvalue weighted by atomic mass is 35.5. The molecule has 0 saturated heterocycles. The quantitative estimate of drug-likeness (QED) is 0.644. The Morgan fingerprint density at radius 1 is 1.38 bits per heavy atom. The van der Waals surface area contributed by atoms with Gasteiger partial charge in [-0.15, -0.1) is 0 Å². The van der Waals surface area contributed by atoms with E-state index in [0.717, 1.165) is 0 Å². The fourth-order valence-electron chi connectivity index (χ4n) is 1.18. The highest BCUT2D eigenvalue weighted by molar-refractivity contribution is 6.30. The summed E-state index contributed by atoms with van der Waals surface area (Å²) < 4.78 is 9.85. The van der Waals surface area contributed by atoms with Gasteiger partial charge in [-0.05, 0) is 24.3 Å². The molecule has 2 N–H and O–H groups in total. The molecule has 0 spiro atoms. The predicted molar refractivity (Wildman–Crippen MR) is 59.5 cm³/mol.